The predicted octanol–water partition coefficient (Wildman–Crippen LogP) is 5.37. The molecule has 0 aliphatic carbocycles. The van der Waals surface area contributed by atoms with Crippen LogP contribution in [0.5, 0.6) is 0 Å². The Morgan fingerprint density at radius 3 is 2.97 bits per heavy atom. The van der Waals surface area contributed by atoms with Gasteiger partial charge in [0.05, 0.1) is 24.4 Å². The normalized spacial score (nSPS) is 20.5. The molecule has 1 N–H and O–H groups in total. The Bertz CT molecular complexity index is 1010. The van der Waals surface area contributed by atoms with Gasteiger partial charge in [0.2, 0.25) is 0 Å². The number of rotatable bonds is 12. The van der Waals surface area contributed by atoms with Crippen LogP contribution in [0, 0.1) is 5.92 Å². The molecule has 0 aromatic carbocycles. The average molecular weight is 511 g/mol. The Balaban J connectivity index is 1.29. The number of ether oxygens (including phenoxy) is 1. The molecular weight excluding hydrogens is 467 g/mol. The molecule has 6 nitrogen and oxygen atoms in total. The van der Waals surface area contributed by atoms with Crippen molar-refractivity contribution >= 4 is 21.3 Å². The second-order valence-corrected chi connectivity index (χ2v) is 12.3. The molecule has 3 unspecified atom stereocenters. The van der Waals surface area contributed by atoms with E-state index < -0.39 is 0 Å². The summed E-state index contributed by atoms with van der Waals surface area (Å²) < 4.78 is 5.81. The predicted molar refractivity (Wildman–Crippen MR) is 149 cm³/mol. The van der Waals surface area contributed by atoms with Crippen LogP contribution in [-0.2, 0) is 29.0 Å². The minimum Gasteiger partial charge on any atom is -0.372 e. The zero-order valence-electron chi connectivity index (χ0n) is 22.2. The number of hydrogen-bond acceptors (Lipinski definition) is 6. The van der Waals surface area contributed by atoms with Gasteiger partial charge in [-0.15, -0.1) is 9.24 Å². The number of anilines is 1. The summed E-state index contributed by atoms with van der Waals surface area (Å²) in [5.74, 6) is 1.64. The van der Waals surface area contributed by atoms with Gasteiger partial charge in [-0.25, -0.2) is 4.98 Å². The molecule has 0 amide bonds. The fourth-order valence-electron chi connectivity index (χ4n) is 5.54. The number of pyridine rings is 2. The maximum Gasteiger partial charge on any atom is 0.141 e. The van der Waals surface area contributed by atoms with Crippen LogP contribution >= 0.6 is 9.24 Å². The monoisotopic (exact) mass is 510 g/mol. The van der Waals surface area contributed by atoms with Crippen LogP contribution in [0.1, 0.15) is 81.4 Å². The Hall–Kier alpha value is -1.88. The van der Waals surface area contributed by atoms with Crippen molar-refractivity contribution in [3.63, 3.8) is 0 Å². The first-order valence-electron chi connectivity index (χ1n) is 13.6. The Morgan fingerprint density at radius 2 is 2.17 bits per heavy atom. The molecule has 1 saturated heterocycles. The second kappa shape index (κ2) is 12.6. The second-order valence-electron chi connectivity index (χ2n) is 11.0. The Labute approximate surface area is 219 Å². The minimum atomic E-state index is -0.265. The largest absolute Gasteiger partial charge is 0.372 e. The SMILES string of the molecule is CC(C)OCc1ncccc1[C@H](C=O)N1CCC(C(C)(P)CCCCc2ccc3c(n2)NCCC3)C1. The zero-order chi connectivity index (χ0) is 25.5. The molecule has 4 heterocycles. The first-order valence-corrected chi connectivity index (χ1v) is 14.2. The van der Waals surface area contributed by atoms with Crippen LogP contribution < -0.4 is 5.32 Å². The molecule has 2 aliphatic rings. The van der Waals surface area contributed by atoms with Gasteiger partial charge < -0.3 is 14.8 Å². The van der Waals surface area contributed by atoms with Crippen molar-refractivity contribution in [3.05, 3.63) is 53.0 Å². The number of hydrogen-bond donors (Lipinski definition) is 1. The summed E-state index contributed by atoms with van der Waals surface area (Å²) >= 11 is 0. The topological polar surface area (TPSA) is 67.3 Å². The Kier molecular flexibility index (Phi) is 9.49. The van der Waals surface area contributed by atoms with Crippen LogP contribution in [0.25, 0.3) is 0 Å². The minimum absolute atomic E-state index is 0.128. The van der Waals surface area contributed by atoms with E-state index in [2.05, 4.69) is 43.5 Å². The lowest BCUT2D eigenvalue weighted by molar-refractivity contribution is -0.112. The van der Waals surface area contributed by atoms with Gasteiger partial charge in [0.1, 0.15) is 12.1 Å². The molecule has 7 heteroatoms. The average Bonchev–Trinajstić information content (AvgIpc) is 3.37. The van der Waals surface area contributed by atoms with Gasteiger partial charge in [-0.3, -0.25) is 9.88 Å². The van der Waals surface area contributed by atoms with E-state index in [9.17, 15) is 4.79 Å². The lowest BCUT2D eigenvalue weighted by Gasteiger charge is -2.33. The quantitative estimate of drug-likeness (QED) is 0.235. The maximum absolute atomic E-state index is 12.2. The maximum atomic E-state index is 12.2. The Morgan fingerprint density at radius 1 is 1.31 bits per heavy atom. The van der Waals surface area contributed by atoms with Gasteiger partial charge in [0.25, 0.3) is 0 Å². The first kappa shape index (κ1) is 27.2. The number of aromatic nitrogens is 2. The van der Waals surface area contributed by atoms with Crippen LogP contribution in [0.15, 0.2) is 30.5 Å². The molecule has 0 spiro atoms. The van der Waals surface area contributed by atoms with Crippen molar-refractivity contribution in [2.24, 2.45) is 5.92 Å². The van der Waals surface area contributed by atoms with Gasteiger partial charge in [-0.1, -0.05) is 25.5 Å². The number of unbranched alkanes of at least 4 members (excludes halogenated alkanes) is 1. The number of nitrogens with zero attached hydrogens (tertiary/aromatic N) is 3. The lowest BCUT2D eigenvalue weighted by atomic mass is 9.87. The highest BCUT2D eigenvalue weighted by Crippen LogP contribution is 2.41. The summed E-state index contributed by atoms with van der Waals surface area (Å²) in [6, 6.07) is 8.15. The van der Waals surface area contributed by atoms with Crippen LogP contribution in [0.4, 0.5) is 5.82 Å². The molecule has 2 aliphatic heterocycles. The fourth-order valence-corrected chi connectivity index (χ4v) is 6.02. The number of aldehydes is 1. The van der Waals surface area contributed by atoms with Crippen LogP contribution in [0.2, 0.25) is 0 Å². The summed E-state index contributed by atoms with van der Waals surface area (Å²) in [5, 5.41) is 3.60. The standard InChI is InChI=1S/C29H43N4O2P/c1-21(2)35-20-26-25(10-7-15-30-26)27(19-34)33-17-13-23(18-33)29(3,36)14-5-4-9-24-12-11-22-8-6-16-31-28(22)32-24/h7,10-12,15,19,21,23,27H,4-6,8-9,13-14,16-18,20,36H2,1-3H3,(H,31,32)/t23?,27-,29?/m0/s1. The van der Waals surface area contributed by atoms with E-state index in [1.165, 1.54) is 24.1 Å². The molecule has 1 fully saturated rings. The molecule has 196 valence electrons. The smallest absolute Gasteiger partial charge is 0.141 e. The summed E-state index contributed by atoms with van der Waals surface area (Å²) in [6.07, 6.45) is 11.0. The molecule has 0 radical (unpaired) electrons. The zero-order valence-corrected chi connectivity index (χ0v) is 23.4. The highest BCUT2D eigenvalue weighted by atomic mass is 31.0. The van der Waals surface area contributed by atoms with E-state index in [4.69, 9.17) is 9.72 Å². The van der Waals surface area contributed by atoms with Crippen molar-refractivity contribution in [1.82, 2.24) is 14.9 Å². The van der Waals surface area contributed by atoms with Crippen molar-refractivity contribution < 1.29 is 9.53 Å². The third-order valence-corrected chi connectivity index (χ3v) is 8.58. The third kappa shape index (κ3) is 6.90. The number of carbonyl (C=O) groups excluding carboxylic acids is 1. The lowest BCUT2D eigenvalue weighted by Crippen LogP contribution is -2.33. The van der Waals surface area contributed by atoms with Gasteiger partial charge >= 0.3 is 0 Å². The highest BCUT2D eigenvalue weighted by Gasteiger charge is 2.38. The molecule has 2 aromatic rings. The van der Waals surface area contributed by atoms with Crippen LogP contribution in [-0.4, -0.2) is 52.0 Å². The van der Waals surface area contributed by atoms with Gasteiger partial charge in [0, 0.05) is 30.5 Å². The summed E-state index contributed by atoms with van der Waals surface area (Å²) in [6.45, 7) is 9.74. The van der Waals surface area contributed by atoms with E-state index in [0.717, 1.165) is 75.1 Å². The molecule has 0 saturated carbocycles. The molecule has 4 rings (SSSR count). The first-order chi connectivity index (χ1) is 17.4. The molecule has 4 atom stereocenters. The van der Waals surface area contributed by atoms with Crippen molar-refractivity contribution in [1.29, 1.82) is 0 Å². The van der Waals surface area contributed by atoms with E-state index >= 15 is 0 Å². The van der Waals surface area contributed by atoms with Crippen molar-refractivity contribution in [3.8, 4) is 0 Å². The summed E-state index contributed by atoms with van der Waals surface area (Å²) in [4.78, 5) is 24.0. The molecule has 36 heavy (non-hydrogen) atoms. The summed E-state index contributed by atoms with van der Waals surface area (Å²) in [5.41, 5.74) is 4.40. The number of nitrogens with one attached hydrogen (secondary N) is 1. The number of fused-ring (bicyclic) bond motifs is 1. The summed E-state index contributed by atoms with van der Waals surface area (Å²) in [7, 11) is 3.15. The van der Waals surface area contributed by atoms with Crippen molar-refractivity contribution in [2.45, 2.75) is 89.6 Å². The van der Waals surface area contributed by atoms with Gasteiger partial charge in [-0.05, 0) is 87.7 Å². The third-order valence-electron chi connectivity index (χ3n) is 7.82. The molecular formula is C29H43N4O2P. The number of likely N-dealkylation sites (tertiary alicyclic amines) is 1. The highest BCUT2D eigenvalue weighted by molar-refractivity contribution is 7.18. The fraction of sp³-hybridized carbons (Fsp3) is 0.621. The van der Waals surface area contributed by atoms with E-state index in [0.29, 0.717) is 12.5 Å². The van der Waals surface area contributed by atoms with E-state index in [-0.39, 0.29) is 17.3 Å². The number of aryl methyl sites for hydroxylation is 2. The molecule has 2 aromatic heterocycles. The molecule has 0 bridgehead atoms. The van der Waals surface area contributed by atoms with E-state index in [1.807, 2.05) is 26.0 Å². The van der Waals surface area contributed by atoms with Gasteiger partial charge in [-0.2, -0.15) is 0 Å². The van der Waals surface area contributed by atoms with Gasteiger partial charge in [0.15, 0.2) is 0 Å². The van der Waals surface area contributed by atoms with Crippen molar-refractivity contribution in [2.75, 3.05) is 25.0 Å². The van der Waals surface area contributed by atoms with Crippen LogP contribution in [0.3, 0.4) is 0 Å². The van der Waals surface area contributed by atoms with E-state index in [1.54, 1.807) is 6.20 Å². The number of carbonyl (C=O) groups is 1.